The van der Waals surface area contributed by atoms with Crippen molar-refractivity contribution in [3.8, 4) is 0 Å². The van der Waals surface area contributed by atoms with Gasteiger partial charge in [-0.2, -0.15) is 4.99 Å². The highest BCUT2D eigenvalue weighted by Gasteiger charge is 2.23. The predicted octanol–water partition coefficient (Wildman–Crippen LogP) is -0.389. The van der Waals surface area contributed by atoms with Crippen LogP contribution >= 0.6 is 0 Å². The average molecular weight is 226 g/mol. The van der Waals surface area contributed by atoms with Crippen molar-refractivity contribution in [2.24, 2.45) is 16.5 Å². The molecule has 1 aliphatic heterocycles. The van der Waals surface area contributed by atoms with Crippen LogP contribution in [-0.4, -0.2) is 54.4 Å². The van der Waals surface area contributed by atoms with Crippen LogP contribution in [0.5, 0.6) is 0 Å². The maximum Gasteiger partial charge on any atom is 0.221 e. The van der Waals surface area contributed by atoms with E-state index in [1.165, 1.54) is 0 Å². The molecule has 6 heteroatoms. The van der Waals surface area contributed by atoms with Crippen molar-refractivity contribution < 1.29 is 0 Å². The molecule has 0 spiro atoms. The third kappa shape index (κ3) is 3.37. The maximum atomic E-state index is 7.87. The summed E-state index contributed by atoms with van der Waals surface area (Å²) < 4.78 is 0. The molecule has 0 amide bonds. The van der Waals surface area contributed by atoms with Crippen LogP contribution in [0.4, 0.5) is 0 Å². The van der Waals surface area contributed by atoms with Gasteiger partial charge in [0.2, 0.25) is 5.96 Å². The molecule has 1 heterocycles. The molecule has 16 heavy (non-hydrogen) atoms. The average Bonchev–Trinajstić information content (AvgIpc) is 2.38. The molecule has 1 aliphatic rings. The minimum atomic E-state index is -0.0440. The van der Waals surface area contributed by atoms with Gasteiger partial charge in [0.15, 0.2) is 5.96 Å². The van der Waals surface area contributed by atoms with Gasteiger partial charge in [0.25, 0.3) is 0 Å². The highest BCUT2D eigenvalue weighted by atomic mass is 15.3. The molecular formula is C10H22N6. The predicted molar refractivity (Wildman–Crippen MR) is 66.4 cm³/mol. The van der Waals surface area contributed by atoms with Crippen LogP contribution in [0.3, 0.4) is 0 Å². The van der Waals surface area contributed by atoms with Crippen LogP contribution in [0, 0.1) is 5.41 Å². The normalized spacial score (nSPS) is 22.6. The van der Waals surface area contributed by atoms with E-state index >= 15 is 0 Å². The zero-order valence-electron chi connectivity index (χ0n) is 10.1. The molecule has 0 saturated carbocycles. The van der Waals surface area contributed by atoms with Crippen LogP contribution in [0.15, 0.2) is 4.99 Å². The Kier molecular flexibility index (Phi) is 4.54. The molecule has 0 aromatic heterocycles. The summed E-state index contributed by atoms with van der Waals surface area (Å²) in [4.78, 5) is 8.11. The smallest absolute Gasteiger partial charge is 0.221 e. The number of likely N-dealkylation sites (N-methyl/N-ethyl adjacent to an activating group) is 1. The lowest BCUT2D eigenvalue weighted by Crippen LogP contribution is -2.43. The number of rotatable bonds is 1. The molecule has 1 atom stereocenters. The minimum absolute atomic E-state index is 0.0440. The molecule has 0 aliphatic carbocycles. The van der Waals surface area contributed by atoms with Gasteiger partial charge < -0.3 is 21.3 Å². The number of guanidine groups is 2. The Morgan fingerprint density at radius 1 is 1.44 bits per heavy atom. The third-order valence-electron chi connectivity index (χ3n) is 2.88. The van der Waals surface area contributed by atoms with E-state index in [1.54, 1.807) is 0 Å². The highest BCUT2D eigenvalue weighted by molar-refractivity contribution is 5.91. The second-order valence-corrected chi connectivity index (χ2v) is 4.23. The molecule has 6 nitrogen and oxygen atoms in total. The molecule has 5 N–H and O–H groups in total. The van der Waals surface area contributed by atoms with E-state index in [0.29, 0.717) is 6.04 Å². The monoisotopic (exact) mass is 226 g/mol. The zero-order chi connectivity index (χ0) is 12.1. The van der Waals surface area contributed by atoms with E-state index in [4.69, 9.17) is 16.9 Å². The van der Waals surface area contributed by atoms with E-state index in [-0.39, 0.29) is 11.9 Å². The van der Waals surface area contributed by atoms with Crippen molar-refractivity contribution in [3.63, 3.8) is 0 Å². The SMILES string of the molecule is CCC1CN(C)CCCN1C(=N)N=C(N)N. The first-order valence-corrected chi connectivity index (χ1v) is 5.68. The Labute approximate surface area is 96.8 Å². The van der Waals surface area contributed by atoms with Crippen molar-refractivity contribution in [2.75, 3.05) is 26.7 Å². The summed E-state index contributed by atoms with van der Waals surface area (Å²) in [7, 11) is 2.11. The van der Waals surface area contributed by atoms with E-state index in [9.17, 15) is 0 Å². The summed E-state index contributed by atoms with van der Waals surface area (Å²) in [6.07, 6.45) is 2.03. The van der Waals surface area contributed by atoms with E-state index in [1.807, 2.05) is 4.90 Å². The molecule has 0 aromatic rings. The summed E-state index contributed by atoms with van der Waals surface area (Å²) in [6.45, 7) is 4.99. The lowest BCUT2D eigenvalue weighted by atomic mass is 10.2. The van der Waals surface area contributed by atoms with Crippen molar-refractivity contribution in [2.45, 2.75) is 25.8 Å². The van der Waals surface area contributed by atoms with Crippen molar-refractivity contribution in [3.05, 3.63) is 0 Å². The van der Waals surface area contributed by atoms with Crippen LogP contribution in [-0.2, 0) is 0 Å². The Balaban J connectivity index is 2.75. The number of nitrogens with two attached hydrogens (primary N) is 2. The van der Waals surface area contributed by atoms with Crippen LogP contribution in [0.1, 0.15) is 19.8 Å². The van der Waals surface area contributed by atoms with Gasteiger partial charge in [0, 0.05) is 19.1 Å². The first-order valence-electron chi connectivity index (χ1n) is 5.68. The van der Waals surface area contributed by atoms with E-state index in [0.717, 1.165) is 32.5 Å². The fourth-order valence-corrected chi connectivity index (χ4v) is 2.06. The van der Waals surface area contributed by atoms with Gasteiger partial charge in [-0.15, -0.1) is 0 Å². The summed E-state index contributed by atoms with van der Waals surface area (Å²) in [5, 5.41) is 7.87. The lowest BCUT2D eigenvalue weighted by Gasteiger charge is -2.30. The summed E-state index contributed by atoms with van der Waals surface area (Å²) in [5.41, 5.74) is 10.6. The third-order valence-corrected chi connectivity index (χ3v) is 2.88. The van der Waals surface area contributed by atoms with Gasteiger partial charge >= 0.3 is 0 Å². The topological polar surface area (TPSA) is 94.7 Å². The molecule has 1 fully saturated rings. The molecule has 1 rings (SSSR count). The Hall–Kier alpha value is -1.30. The number of nitrogens with zero attached hydrogens (tertiary/aromatic N) is 3. The Bertz CT molecular complexity index is 270. The highest BCUT2D eigenvalue weighted by Crippen LogP contribution is 2.12. The maximum absolute atomic E-state index is 7.87. The van der Waals surface area contributed by atoms with Gasteiger partial charge in [-0.25, -0.2) is 0 Å². The number of nitrogens with one attached hydrogen (secondary N) is 1. The van der Waals surface area contributed by atoms with Crippen molar-refractivity contribution in [1.82, 2.24) is 9.80 Å². The first kappa shape index (κ1) is 12.8. The molecule has 1 saturated heterocycles. The van der Waals surface area contributed by atoms with Gasteiger partial charge in [0.05, 0.1) is 0 Å². The number of hydrogen-bond acceptors (Lipinski definition) is 2. The standard InChI is InChI=1S/C10H22N6/c1-3-8-7-15(2)5-4-6-16(8)10(13)14-9(11)12/h8H,3-7H2,1-2H3,(H5,11,12,13,14). The van der Waals surface area contributed by atoms with Crippen molar-refractivity contribution >= 4 is 11.9 Å². The Morgan fingerprint density at radius 3 is 2.69 bits per heavy atom. The largest absolute Gasteiger partial charge is 0.370 e. The second-order valence-electron chi connectivity index (χ2n) is 4.23. The lowest BCUT2D eigenvalue weighted by molar-refractivity contribution is 0.261. The van der Waals surface area contributed by atoms with Gasteiger partial charge in [-0.3, -0.25) is 5.41 Å². The fourth-order valence-electron chi connectivity index (χ4n) is 2.06. The number of hydrogen-bond donors (Lipinski definition) is 3. The molecule has 0 bridgehead atoms. The second kappa shape index (κ2) is 5.69. The first-order chi connectivity index (χ1) is 7.54. The van der Waals surface area contributed by atoms with Crippen LogP contribution < -0.4 is 11.5 Å². The van der Waals surface area contributed by atoms with Gasteiger partial charge in [-0.05, 0) is 26.4 Å². The minimum Gasteiger partial charge on any atom is -0.370 e. The fraction of sp³-hybridized carbons (Fsp3) is 0.800. The molecule has 0 aromatic carbocycles. The van der Waals surface area contributed by atoms with Gasteiger partial charge in [-0.1, -0.05) is 6.92 Å². The van der Waals surface area contributed by atoms with Crippen molar-refractivity contribution in [1.29, 1.82) is 5.41 Å². The molecule has 1 unspecified atom stereocenters. The van der Waals surface area contributed by atoms with Crippen LogP contribution in [0.2, 0.25) is 0 Å². The summed E-state index contributed by atoms with van der Waals surface area (Å²) in [5.74, 6) is 0.139. The van der Waals surface area contributed by atoms with E-state index in [2.05, 4.69) is 23.9 Å². The quantitative estimate of drug-likeness (QED) is 0.419. The van der Waals surface area contributed by atoms with Crippen LogP contribution in [0.25, 0.3) is 0 Å². The Morgan fingerprint density at radius 2 is 2.12 bits per heavy atom. The summed E-state index contributed by atoms with van der Waals surface area (Å²) >= 11 is 0. The molecule has 92 valence electrons. The zero-order valence-corrected chi connectivity index (χ0v) is 10.1. The van der Waals surface area contributed by atoms with E-state index < -0.39 is 0 Å². The van der Waals surface area contributed by atoms with Gasteiger partial charge in [0.1, 0.15) is 0 Å². The molecular weight excluding hydrogens is 204 g/mol. The summed E-state index contributed by atoms with van der Waals surface area (Å²) in [6, 6.07) is 0.322. The number of aliphatic imine (C=N–C) groups is 1. The molecule has 0 radical (unpaired) electrons.